The van der Waals surface area contributed by atoms with Crippen molar-refractivity contribution in [3.8, 4) is 66.8 Å². The average Bonchev–Trinajstić information content (AvgIpc) is 3.62. The van der Waals surface area contributed by atoms with E-state index in [0.717, 1.165) is 17.1 Å². The maximum absolute atomic E-state index is 2.50. The summed E-state index contributed by atoms with van der Waals surface area (Å²) in [6.07, 6.45) is 0. The smallest absolute Gasteiger partial charge is 0.0546 e. The molecule has 12 rings (SSSR count). The summed E-state index contributed by atoms with van der Waals surface area (Å²) in [6.45, 7) is 4.73. The monoisotopic (exact) mass is 841 g/mol. The molecular formula is C65H47N. The first kappa shape index (κ1) is 39.3. The van der Waals surface area contributed by atoms with Gasteiger partial charge in [0.1, 0.15) is 0 Å². The van der Waals surface area contributed by atoms with Gasteiger partial charge in [-0.3, -0.25) is 0 Å². The van der Waals surface area contributed by atoms with E-state index in [4.69, 9.17) is 0 Å². The minimum absolute atomic E-state index is 0.124. The molecule has 0 aliphatic heterocycles. The molecule has 0 fully saturated rings. The number of benzene rings is 11. The number of rotatable bonds is 8. The van der Waals surface area contributed by atoms with E-state index >= 15 is 0 Å². The fourth-order valence-electron chi connectivity index (χ4n) is 10.6. The molecule has 0 amide bonds. The summed E-state index contributed by atoms with van der Waals surface area (Å²) >= 11 is 0. The summed E-state index contributed by atoms with van der Waals surface area (Å²) in [5, 5.41) is 5.06. The fraction of sp³-hybridized carbons (Fsp3) is 0.0462. The lowest BCUT2D eigenvalue weighted by Gasteiger charge is -2.32. The van der Waals surface area contributed by atoms with E-state index in [2.05, 4.69) is 267 Å². The highest BCUT2D eigenvalue weighted by Crippen LogP contribution is 2.53. The first-order valence-electron chi connectivity index (χ1n) is 23.0. The van der Waals surface area contributed by atoms with Gasteiger partial charge < -0.3 is 4.90 Å². The second-order valence-corrected chi connectivity index (χ2v) is 18.0. The number of nitrogens with zero attached hydrogens (tertiary/aromatic N) is 1. The molecule has 1 aliphatic rings. The van der Waals surface area contributed by atoms with Gasteiger partial charge >= 0.3 is 0 Å². The molecule has 0 heterocycles. The second-order valence-electron chi connectivity index (χ2n) is 18.0. The van der Waals surface area contributed by atoms with E-state index < -0.39 is 0 Å². The van der Waals surface area contributed by atoms with Crippen molar-refractivity contribution in [2.24, 2.45) is 0 Å². The van der Waals surface area contributed by atoms with Crippen LogP contribution in [0.5, 0.6) is 0 Å². The van der Waals surface area contributed by atoms with Gasteiger partial charge in [0.2, 0.25) is 0 Å². The first-order valence-corrected chi connectivity index (χ1v) is 23.0. The molecule has 0 atom stereocenters. The molecule has 0 aromatic heterocycles. The van der Waals surface area contributed by atoms with Crippen molar-refractivity contribution in [3.05, 3.63) is 260 Å². The van der Waals surface area contributed by atoms with E-state index in [1.54, 1.807) is 0 Å². The molecule has 1 nitrogen and oxygen atoms in total. The molecule has 0 saturated carbocycles. The lowest BCUT2D eigenvalue weighted by Crippen LogP contribution is -2.15. The molecule has 0 saturated heterocycles. The topological polar surface area (TPSA) is 3.24 Å². The molecule has 1 heteroatoms. The van der Waals surface area contributed by atoms with Crippen molar-refractivity contribution in [2.45, 2.75) is 19.3 Å². The number of fused-ring (bicyclic) bond motifs is 6. The van der Waals surface area contributed by atoms with Crippen molar-refractivity contribution in [1.29, 1.82) is 0 Å². The zero-order chi connectivity index (χ0) is 44.2. The van der Waals surface area contributed by atoms with Gasteiger partial charge in [-0.15, -0.1) is 0 Å². The zero-order valence-electron chi connectivity index (χ0n) is 37.1. The zero-order valence-corrected chi connectivity index (χ0v) is 37.1. The minimum atomic E-state index is -0.124. The van der Waals surface area contributed by atoms with Crippen LogP contribution in [0, 0.1) is 0 Å². The highest BCUT2D eigenvalue weighted by molar-refractivity contribution is 6.08. The predicted octanol–water partition coefficient (Wildman–Crippen LogP) is 18.1. The Morgan fingerprint density at radius 2 is 0.833 bits per heavy atom. The molecule has 0 N–H and O–H groups in total. The van der Waals surface area contributed by atoms with Crippen LogP contribution in [-0.2, 0) is 5.41 Å². The van der Waals surface area contributed by atoms with Crippen molar-refractivity contribution < 1.29 is 0 Å². The Kier molecular flexibility index (Phi) is 9.58. The number of para-hydroxylation sites is 1. The van der Waals surface area contributed by atoms with Crippen molar-refractivity contribution >= 4 is 38.6 Å². The van der Waals surface area contributed by atoms with E-state index in [1.165, 1.54) is 99.4 Å². The lowest BCUT2D eigenvalue weighted by atomic mass is 9.81. The van der Waals surface area contributed by atoms with Gasteiger partial charge in [0, 0.05) is 22.2 Å². The van der Waals surface area contributed by atoms with Gasteiger partial charge in [-0.1, -0.05) is 226 Å². The Labute approximate surface area is 387 Å². The van der Waals surface area contributed by atoms with Crippen LogP contribution in [0.2, 0.25) is 0 Å². The molecule has 1 aliphatic carbocycles. The summed E-state index contributed by atoms with van der Waals surface area (Å²) in [6, 6.07) is 91.6. The van der Waals surface area contributed by atoms with E-state index in [1.807, 2.05) is 0 Å². The summed E-state index contributed by atoms with van der Waals surface area (Å²) in [5.74, 6) is 0. The third-order valence-corrected chi connectivity index (χ3v) is 13.9. The van der Waals surface area contributed by atoms with Gasteiger partial charge in [-0.05, 0) is 125 Å². The molecule has 0 spiro atoms. The van der Waals surface area contributed by atoms with Gasteiger partial charge in [-0.25, -0.2) is 0 Å². The predicted molar refractivity (Wildman–Crippen MR) is 281 cm³/mol. The third kappa shape index (κ3) is 6.63. The number of hydrogen-bond acceptors (Lipinski definition) is 1. The van der Waals surface area contributed by atoms with Crippen LogP contribution >= 0.6 is 0 Å². The summed E-state index contributed by atoms with van der Waals surface area (Å²) in [4.78, 5) is 2.50. The van der Waals surface area contributed by atoms with Crippen LogP contribution in [0.15, 0.2) is 249 Å². The SMILES string of the molecule is CC1(C)c2ccccc2-c2ccc(-c3ccccc3N(c3ccc(-c4ccc5c(ccc6ccccc65)c4)cc3)c3cccc(-c4ccccc4)c3-c3ccccc3-c3ccccc3)cc21. The Morgan fingerprint density at radius 3 is 1.62 bits per heavy atom. The van der Waals surface area contributed by atoms with E-state index in [-0.39, 0.29) is 5.41 Å². The summed E-state index contributed by atoms with van der Waals surface area (Å²) in [7, 11) is 0. The molecule has 66 heavy (non-hydrogen) atoms. The van der Waals surface area contributed by atoms with Crippen LogP contribution < -0.4 is 4.90 Å². The molecule has 11 aromatic rings. The van der Waals surface area contributed by atoms with Gasteiger partial charge in [0.25, 0.3) is 0 Å². The highest BCUT2D eigenvalue weighted by Gasteiger charge is 2.35. The van der Waals surface area contributed by atoms with Gasteiger partial charge in [0.15, 0.2) is 0 Å². The van der Waals surface area contributed by atoms with Crippen LogP contribution in [0.1, 0.15) is 25.0 Å². The minimum Gasteiger partial charge on any atom is -0.309 e. The molecule has 0 unspecified atom stereocenters. The molecular weight excluding hydrogens is 795 g/mol. The van der Waals surface area contributed by atoms with Crippen LogP contribution in [0.25, 0.3) is 88.3 Å². The Morgan fingerprint density at radius 1 is 0.288 bits per heavy atom. The number of hydrogen-bond donors (Lipinski definition) is 0. The summed E-state index contributed by atoms with van der Waals surface area (Å²) < 4.78 is 0. The average molecular weight is 842 g/mol. The maximum Gasteiger partial charge on any atom is 0.0546 e. The van der Waals surface area contributed by atoms with Crippen molar-refractivity contribution in [3.63, 3.8) is 0 Å². The highest BCUT2D eigenvalue weighted by atomic mass is 15.1. The summed E-state index contributed by atoms with van der Waals surface area (Å²) in [5.41, 5.74) is 20.4. The van der Waals surface area contributed by atoms with Crippen LogP contribution in [0.4, 0.5) is 17.1 Å². The maximum atomic E-state index is 2.50. The quantitative estimate of drug-likeness (QED) is 0.138. The lowest BCUT2D eigenvalue weighted by molar-refractivity contribution is 0.660. The third-order valence-electron chi connectivity index (χ3n) is 13.9. The molecule has 312 valence electrons. The Hall–Kier alpha value is -8.26. The van der Waals surface area contributed by atoms with Crippen LogP contribution in [-0.4, -0.2) is 0 Å². The van der Waals surface area contributed by atoms with Crippen LogP contribution in [0.3, 0.4) is 0 Å². The molecule has 0 bridgehead atoms. The molecule has 11 aromatic carbocycles. The normalized spacial score (nSPS) is 12.5. The second kappa shape index (κ2) is 16.1. The largest absolute Gasteiger partial charge is 0.309 e. The fourth-order valence-corrected chi connectivity index (χ4v) is 10.6. The van der Waals surface area contributed by atoms with Gasteiger partial charge in [0.05, 0.1) is 11.4 Å². The standard InChI is InChI=1S/C65H47N/c1-65(2)60-29-15-13-26-57(60)58-41-37-50(43-61(58)65)55-25-14-16-30-62(55)66(51-38-34-44(35-39-51)48-36-40-54-49(42-48)33-32-47-22-9-10-23-52(47)54)63-31-17-28-56(46-20-7-4-8-21-46)64(63)59-27-12-11-24-53(59)45-18-5-3-6-19-45/h3-43H,1-2H3. The number of anilines is 3. The van der Waals surface area contributed by atoms with Gasteiger partial charge in [-0.2, -0.15) is 0 Å². The first-order chi connectivity index (χ1) is 32.5. The van der Waals surface area contributed by atoms with Crippen molar-refractivity contribution in [2.75, 3.05) is 4.90 Å². The molecule has 0 radical (unpaired) electrons. The Balaban J connectivity index is 1.08. The Bertz CT molecular complexity index is 3600. The van der Waals surface area contributed by atoms with E-state index in [9.17, 15) is 0 Å². The van der Waals surface area contributed by atoms with Crippen molar-refractivity contribution in [1.82, 2.24) is 0 Å². The van der Waals surface area contributed by atoms with E-state index in [0.29, 0.717) is 0 Å².